The minimum absolute atomic E-state index is 0.0898. The third-order valence-electron chi connectivity index (χ3n) is 4.37. The van der Waals surface area contributed by atoms with Gasteiger partial charge < -0.3 is 5.32 Å². The van der Waals surface area contributed by atoms with Crippen LogP contribution in [0, 0.1) is 11.6 Å². The van der Waals surface area contributed by atoms with Gasteiger partial charge in [0.1, 0.15) is 0 Å². The van der Waals surface area contributed by atoms with Crippen LogP contribution in [0.15, 0.2) is 61.2 Å². The zero-order valence-corrected chi connectivity index (χ0v) is 16.4. The summed E-state index contributed by atoms with van der Waals surface area (Å²) in [7, 11) is 1.83. The highest BCUT2D eigenvalue weighted by Crippen LogP contribution is 2.31. The monoisotopic (exact) mass is 425 g/mol. The summed E-state index contributed by atoms with van der Waals surface area (Å²) < 4.78 is 28.8. The largest absolute Gasteiger partial charge is 0.305 e. The van der Waals surface area contributed by atoms with Crippen molar-refractivity contribution in [3.63, 3.8) is 0 Å². The Labute approximate surface area is 175 Å². The lowest BCUT2D eigenvalue weighted by Gasteiger charge is -2.08. The lowest BCUT2D eigenvalue weighted by Crippen LogP contribution is -2.15. The Morgan fingerprint density at radius 1 is 1.07 bits per heavy atom. The molecule has 9 heteroatoms. The van der Waals surface area contributed by atoms with Gasteiger partial charge in [-0.15, -0.1) is 0 Å². The van der Waals surface area contributed by atoms with Crippen LogP contribution in [-0.4, -0.2) is 25.7 Å². The highest BCUT2D eigenvalue weighted by molar-refractivity contribution is 6.33. The van der Waals surface area contributed by atoms with Crippen molar-refractivity contribution >= 4 is 23.3 Å². The van der Waals surface area contributed by atoms with E-state index in [4.69, 9.17) is 11.6 Å². The van der Waals surface area contributed by atoms with Gasteiger partial charge in [0.05, 0.1) is 34.9 Å². The second kappa shape index (κ2) is 8.00. The van der Waals surface area contributed by atoms with Crippen molar-refractivity contribution in [3.8, 4) is 22.4 Å². The quantitative estimate of drug-likeness (QED) is 0.513. The average Bonchev–Trinajstić information content (AvgIpc) is 3.17. The molecule has 0 aliphatic heterocycles. The number of carbonyl (C=O) groups is 1. The van der Waals surface area contributed by atoms with Crippen LogP contribution in [0.1, 0.15) is 10.4 Å². The van der Waals surface area contributed by atoms with Crippen molar-refractivity contribution < 1.29 is 13.6 Å². The molecule has 0 saturated carbocycles. The Morgan fingerprint density at radius 3 is 2.60 bits per heavy atom. The van der Waals surface area contributed by atoms with Gasteiger partial charge in [0.25, 0.3) is 5.91 Å². The summed E-state index contributed by atoms with van der Waals surface area (Å²) in [5.74, 6) is -3.07. The molecule has 0 saturated heterocycles. The molecule has 2 heterocycles. The van der Waals surface area contributed by atoms with E-state index in [1.807, 2.05) is 25.4 Å². The molecule has 0 fully saturated rings. The van der Waals surface area contributed by atoms with E-state index in [2.05, 4.69) is 20.4 Å². The predicted molar refractivity (Wildman–Crippen MR) is 109 cm³/mol. The van der Waals surface area contributed by atoms with Crippen LogP contribution in [0.4, 0.5) is 14.6 Å². The Morgan fingerprint density at radius 2 is 1.90 bits per heavy atom. The average molecular weight is 426 g/mol. The number of hydrogen-bond donors (Lipinski definition) is 1. The number of amides is 1. The molecule has 0 bridgehead atoms. The van der Waals surface area contributed by atoms with E-state index < -0.39 is 23.1 Å². The molecule has 1 N–H and O–H groups in total. The van der Waals surface area contributed by atoms with Crippen LogP contribution in [0.25, 0.3) is 22.4 Å². The standard InChI is InChI=1S/C21H14ClF2N5O/c1-29-11-13(8-27-29)12-5-6-16(22)15(7-12)18-9-26-19(10-25-18)28-21(30)14-3-2-4-17(23)20(14)24/h2-11H,1H3,(H,26,28,30). The summed E-state index contributed by atoms with van der Waals surface area (Å²) in [5, 5.41) is 7.04. The minimum Gasteiger partial charge on any atom is -0.305 e. The van der Waals surface area contributed by atoms with Crippen molar-refractivity contribution in [2.45, 2.75) is 0 Å². The zero-order valence-electron chi connectivity index (χ0n) is 15.6. The van der Waals surface area contributed by atoms with Crippen LogP contribution in [0.5, 0.6) is 0 Å². The number of rotatable bonds is 4. The molecule has 2 aromatic carbocycles. The Kier molecular flexibility index (Phi) is 5.24. The SMILES string of the molecule is Cn1cc(-c2ccc(Cl)c(-c3cnc(NC(=O)c4cccc(F)c4F)cn3)c2)cn1. The second-order valence-corrected chi connectivity index (χ2v) is 6.85. The topological polar surface area (TPSA) is 72.7 Å². The van der Waals surface area contributed by atoms with E-state index in [1.54, 1.807) is 16.9 Å². The minimum atomic E-state index is -1.22. The molecule has 0 atom stereocenters. The molecule has 2 aromatic heterocycles. The highest BCUT2D eigenvalue weighted by Gasteiger charge is 2.16. The van der Waals surface area contributed by atoms with E-state index in [9.17, 15) is 13.6 Å². The molecule has 0 aliphatic rings. The van der Waals surface area contributed by atoms with Crippen molar-refractivity contribution in [2.24, 2.45) is 7.05 Å². The molecule has 0 spiro atoms. The molecule has 30 heavy (non-hydrogen) atoms. The number of benzene rings is 2. The molecule has 150 valence electrons. The number of nitrogens with one attached hydrogen (secondary N) is 1. The van der Waals surface area contributed by atoms with Gasteiger partial charge in [-0.2, -0.15) is 5.10 Å². The molecule has 1 amide bonds. The second-order valence-electron chi connectivity index (χ2n) is 6.44. The maximum Gasteiger partial charge on any atom is 0.259 e. The number of carbonyl (C=O) groups excluding carboxylic acids is 1. The van der Waals surface area contributed by atoms with Crippen molar-refractivity contribution in [3.05, 3.63) is 83.4 Å². The molecule has 6 nitrogen and oxygen atoms in total. The lowest BCUT2D eigenvalue weighted by molar-refractivity contribution is 0.102. The first kappa shape index (κ1) is 19.7. The van der Waals surface area contributed by atoms with E-state index in [1.165, 1.54) is 24.5 Å². The van der Waals surface area contributed by atoms with Crippen molar-refractivity contribution in [1.29, 1.82) is 0 Å². The first-order valence-corrected chi connectivity index (χ1v) is 9.16. The smallest absolute Gasteiger partial charge is 0.259 e. The normalized spacial score (nSPS) is 10.8. The van der Waals surface area contributed by atoms with Gasteiger partial charge in [0.2, 0.25) is 0 Å². The van der Waals surface area contributed by atoms with Gasteiger partial charge in [-0.05, 0) is 29.8 Å². The van der Waals surface area contributed by atoms with Gasteiger partial charge >= 0.3 is 0 Å². The van der Waals surface area contributed by atoms with Crippen molar-refractivity contribution in [1.82, 2.24) is 19.7 Å². The fraction of sp³-hybridized carbons (Fsp3) is 0.0476. The van der Waals surface area contributed by atoms with Crippen LogP contribution in [-0.2, 0) is 7.05 Å². The first-order chi connectivity index (χ1) is 14.4. The highest BCUT2D eigenvalue weighted by atomic mass is 35.5. The molecular formula is C21H14ClF2N5O. The molecule has 4 rings (SSSR count). The van der Waals surface area contributed by atoms with Crippen LogP contribution >= 0.6 is 11.6 Å². The number of hydrogen-bond acceptors (Lipinski definition) is 4. The summed E-state index contributed by atoms with van der Waals surface area (Å²) in [6.45, 7) is 0. The number of halogens is 3. The molecule has 0 aliphatic carbocycles. The fourth-order valence-corrected chi connectivity index (χ4v) is 3.08. The predicted octanol–water partition coefficient (Wildman–Crippen LogP) is 4.73. The summed E-state index contributed by atoms with van der Waals surface area (Å²) in [5.41, 5.74) is 2.54. The summed E-state index contributed by atoms with van der Waals surface area (Å²) in [6, 6.07) is 8.86. The Bertz CT molecular complexity index is 1240. The van der Waals surface area contributed by atoms with E-state index in [-0.39, 0.29) is 5.82 Å². The van der Waals surface area contributed by atoms with Gasteiger partial charge in [-0.1, -0.05) is 23.7 Å². The van der Waals surface area contributed by atoms with E-state index in [0.29, 0.717) is 16.3 Å². The van der Waals surface area contributed by atoms with Gasteiger partial charge in [0.15, 0.2) is 17.5 Å². The maximum atomic E-state index is 13.8. The molecule has 4 aromatic rings. The maximum absolute atomic E-state index is 13.8. The number of aromatic nitrogens is 4. The third kappa shape index (κ3) is 3.90. The van der Waals surface area contributed by atoms with E-state index in [0.717, 1.165) is 17.2 Å². The van der Waals surface area contributed by atoms with Crippen molar-refractivity contribution in [2.75, 3.05) is 5.32 Å². The Hall–Kier alpha value is -3.65. The van der Waals surface area contributed by atoms with Crippen LogP contribution in [0.2, 0.25) is 5.02 Å². The summed E-state index contributed by atoms with van der Waals surface area (Å²) in [4.78, 5) is 20.6. The van der Waals surface area contributed by atoms with Gasteiger partial charge in [-0.25, -0.2) is 13.8 Å². The number of nitrogens with zero attached hydrogens (tertiary/aromatic N) is 4. The zero-order chi connectivity index (χ0) is 21.3. The molecule has 0 unspecified atom stereocenters. The Balaban J connectivity index is 1.58. The fourth-order valence-electron chi connectivity index (χ4n) is 2.87. The molecule has 0 radical (unpaired) electrons. The van der Waals surface area contributed by atoms with Gasteiger partial charge in [-0.3, -0.25) is 14.5 Å². The number of aryl methyl sites for hydroxylation is 1. The summed E-state index contributed by atoms with van der Waals surface area (Å²) >= 11 is 6.32. The molecular weight excluding hydrogens is 412 g/mol. The third-order valence-corrected chi connectivity index (χ3v) is 4.70. The first-order valence-electron chi connectivity index (χ1n) is 8.79. The number of anilines is 1. The van der Waals surface area contributed by atoms with Crippen LogP contribution in [0.3, 0.4) is 0 Å². The van der Waals surface area contributed by atoms with E-state index >= 15 is 0 Å². The van der Waals surface area contributed by atoms with Gasteiger partial charge in [0, 0.05) is 24.4 Å². The summed E-state index contributed by atoms with van der Waals surface area (Å²) in [6.07, 6.45) is 6.37. The van der Waals surface area contributed by atoms with Crippen LogP contribution < -0.4 is 5.32 Å². The lowest BCUT2D eigenvalue weighted by atomic mass is 10.0.